The van der Waals surface area contributed by atoms with E-state index >= 15 is 0 Å². The number of carbonyl (C=O) groups excluding carboxylic acids is 1. The first-order chi connectivity index (χ1) is 14.9. The second-order valence-corrected chi connectivity index (χ2v) is 6.90. The van der Waals surface area contributed by atoms with E-state index in [4.69, 9.17) is 0 Å². The SMILES string of the molecule is Cc1ccc(NC(=O)c2cc(-c3ccccc3F)nn2-c2cccc([N+](=O)[O-])c2)cc1. The van der Waals surface area contributed by atoms with Crippen LogP contribution in [0.5, 0.6) is 0 Å². The molecular formula is C23H17FN4O3. The lowest BCUT2D eigenvalue weighted by Gasteiger charge is -2.08. The number of nitrogens with zero attached hydrogens (tertiary/aromatic N) is 3. The van der Waals surface area contributed by atoms with E-state index in [1.165, 1.54) is 35.0 Å². The third-order valence-electron chi connectivity index (χ3n) is 4.69. The average Bonchev–Trinajstić information content (AvgIpc) is 3.21. The van der Waals surface area contributed by atoms with Crippen LogP contribution in [-0.4, -0.2) is 20.6 Å². The zero-order chi connectivity index (χ0) is 22.0. The second-order valence-electron chi connectivity index (χ2n) is 6.90. The van der Waals surface area contributed by atoms with E-state index in [1.807, 2.05) is 19.1 Å². The number of non-ortho nitro benzene ring substituents is 1. The van der Waals surface area contributed by atoms with Crippen LogP contribution in [0.25, 0.3) is 16.9 Å². The number of hydrogen-bond acceptors (Lipinski definition) is 4. The van der Waals surface area contributed by atoms with E-state index < -0.39 is 16.6 Å². The monoisotopic (exact) mass is 416 g/mol. The maximum atomic E-state index is 14.3. The van der Waals surface area contributed by atoms with Gasteiger partial charge in [0.05, 0.1) is 16.3 Å². The number of nitro benzene ring substituents is 1. The van der Waals surface area contributed by atoms with Gasteiger partial charge in [0.1, 0.15) is 11.5 Å². The van der Waals surface area contributed by atoms with Crippen LogP contribution in [0.2, 0.25) is 0 Å². The van der Waals surface area contributed by atoms with Gasteiger partial charge in [-0.15, -0.1) is 0 Å². The molecule has 0 saturated carbocycles. The average molecular weight is 416 g/mol. The van der Waals surface area contributed by atoms with Crippen LogP contribution in [0.4, 0.5) is 15.8 Å². The smallest absolute Gasteiger partial charge is 0.274 e. The fraction of sp³-hybridized carbons (Fsp3) is 0.0435. The fourth-order valence-corrected chi connectivity index (χ4v) is 3.11. The molecule has 4 rings (SSSR count). The summed E-state index contributed by atoms with van der Waals surface area (Å²) >= 11 is 0. The highest BCUT2D eigenvalue weighted by atomic mass is 19.1. The molecule has 1 heterocycles. The Labute approximate surface area is 176 Å². The maximum absolute atomic E-state index is 14.3. The molecule has 31 heavy (non-hydrogen) atoms. The zero-order valence-corrected chi connectivity index (χ0v) is 16.4. The van der Waals surface area contributed by atoms with Crippen molar-refractivity contribution in [1.82, 2.24) is 9.78 Å². The molecular weight excluding hydrogens is 399 g/mol. The van der Waals surface area contributed by atoms with Crippen molar-refractivity contribution in [3.63, 3.8) is 0 Å². The number of halogens is 1. The number of rotatable bonds is 5. The van der Waals surface area contributed by atoms with Gasteiger partial charge in [-0.05, 0) is 43.3 Å². The molecule has 4 aromatic rings. The minimum absolute atomic E-state index is 0.110. The van der Waals surface area contributed by atoms with E-state index in [9.17, 15) is 19.3 Å². The van der Waals surface area contributed by atoms with Gasteiger partial charge in [0.15, 0.2) is 0 Å². The Morgan fingerprint density at radius 1 is 1.03 bits per heavy atom. The predicted molar refractivity (Wildman–Crippen MR) is 115 cm³/mol. The minimum atomic E-state index is -0.531. The number of carbonyl (C=O) groups is 1. The van der Waals surface area contributed by atoms with Crippen molar-refractivity contribution in [2.45, 2.75) is 6.92 Å². The van der Waals surface area contributed by atoms with Crippen molar-refractivity contribution in [3.05, 3.63) is 106 Å². The Balaban J connectivity index is 1.81. The molecule has 7 nitrogen and oxygen atoms in total. The first kappa shape index (κ1) is 20.0. The molecule has 0 radical (unpaired) electrons. The lowest BCUT2D eigenvalue weighted by atomic mass is 10.1. The van der Waals surface area contributed by atoms with Crippen LogP contribution in [0.1, 0.15) is 16.1 Å². The minimum Gasteiger partial charge on any atom is -0.321 e. The Hall–Kier alpha value is -4.33. The first-order valence-electron chi connectivity index (χ1n) is 9.40. The van der Waals surface area contributed by atoms with Crippen molar-refractivity contribution in [3.8, 4) is 16.9 Å². The molecule has 8 heteroatoms. The molecule has 0 aliphatic carbocycles. The Morgan fingerprint density at radius 2 is 1.77 bits per heavy atom. The molecule has 0 saturated heterocycles. The predicted octanol–water partition coefficient (Wildman–Crippen LogP) is 5.15. The molecule has 1 aromatic heterocycles. The number of aryl methyl sites for hydroxylation is 1. The summed E-state index contributed by atoms with van der Waals surface area (Å²) in [6, 6.07) is 20.5. The van der Waals surface area contributed by atoms with Crippen molar-refractivity contribution in [2.75, 3.05) is 5.32 Å². The number of nitro groups is 1. The molecule has 3 aromatic carbocycles. The quantitative estimate of drug-likeness (QED) is 0.360. The van der Waals surface area contributed by atoms with Gasteiger partial charge in [-0.25, -0.2) is 9.07 Å². The molecule has 0 aliphatic rings. The number of aromatic nitrogens is 2. The van der Waals surface area contributed by atoms with Crippen LogP contribution in [0, 0.1) is 22.9 Å². The highest BCUT2D eigenvalue weighted by molar-refractivity contribution is 6.04. The Kier molecular flexibility index (Phi) is 5.28. The fourth-order valence-electron chi connectivity index (χ4n) is 3.11. The first-order valence-corrected chi connectivity index (χ1v) is 9.40. The topological polar surface area (TPSA) is 90.1 Å². The molecule has 154 valence electrons. The third-order valence-corrected chi connectivity index (χ3v) is 4.69. The number of hydrogen-bond donors (Lipinski definition) is 1. The van der Waals surface area contributed by atoms with Gasteiger partial charge < -0.3 is 5.32 Å². The van der Waals surface area contributed by atoms with Crippen LogP contribution in [0.3, 0.4) is 0 Å². The summed E-state index contributed by atoms with van der Waals surface area (Å²) in [5, 5.41) is 18.4. The van der Waals surface area contributed by atoms with Gasteiger partial charge in [-0.1, -0.05) is 35.9 Å². The molecule has 1 N–H and O–H groups in total. The van der Waals surface area contributed by atoms with Crippen LogP contribution in [0.15, 0.2) is 78.9 Å². The van der Waals surface area contributed by atoms with E-state index in [2.05, 4.69) is 10.4 Å². The van der Waals surface area contributed by atoms with E-state index in [0.29, 0.717) is 11.4 Å². The van der Waals surface area contributed by atoms with Gasteiger partial charge in [-0.2, -0.15) is 5.10 Å². The molecule has 0 fully saturated rings. The van der Waals surface area contributed by atoms with Crippen molar-refractivity contribution >= 4 is 17.3 Å². The third kappa shape index (κ3) is 4.18. The molecule has 0 aliphatic heterocycles. The number of anilines is 1. The summed E-state index contributed by atoms with van der Waals surface area (Å²) in [6.07, 6.45) is 0. The molecule has 1 amide bonds. The summed E-state index contributed by atoms with van der Waals surface area (Å²) in [5.41, 5.74) is 2.35. The largest absolute Gasteiger partial charge is 0.321 e. The standard InChI is InChI=1S/C23H17FN4O3/c1-15-9-11-16(12-10-15)25-23(29)22-14-21(19-7-2-3-8-20(19)24)26-27(22)17-5-4-6-18(13-17)28(30)31/h2-14H,1H3,(H,25,29). The molecule has 0 unspecified atom stereocenters. The van der Waals surface area contributed by atoms with E-state index in [1.54, 1.807) is 36.4 Å². The van der Waals surface area contributed by atoms with Gasteiger partial charge in [0.25, 0.3) is 11.6 Å². The normalized spacial score (nSPS) is 10.6. The van der Waals surface area contributed by atoms with Gasteiger partial charge >= 0.3 is 0 Å². The summed E-state index contributed by atoms with van der Waals surface area (Å²) in [4.78, 5) is 23.7. The Morgan fingerprint density at radius 3 is 2.48 bits per heavy atom. The van der Waals surface area contributed by atoms with Crippen LogP contribution in [-0.2, 0) is 0 Å². The number of nitrogens with one attached hydrogen (secondary N) is 1. The van der Waals surface area contributed by atoms with E-state index in [-0.39, 0.29) is 22.6 Å². The molecule has 0 atom stereocenters. The lowest BCUT2D eigenvalue weighted by Crippen LogP contribution is -2.17. The lowest BCUT2D eigenvalue weighted by molar-refractivity contribution is -0.384. The summed E-state index contributed by atoms with van der Waals surface area (Å²) in [7, 11) is 0. The summed E-state index contributed by atoms with van der Waals surface area (Å²) in [5.74, 6) is -0.970. The molecule has 0 bridgehead atoms. The molecule has 0 spiro atoms. The second kappa shape index (κ2) is 8.19. The number of amides is 1. The maximum Gasteiger partial charge on any atom is 0.274 e. The van der Waals surface area contributed by atoms with Gasteiger partial charge in [-0.3, -0.25) is 14.9 Å². The highest BCUT2D eigenvalue weighted by Gasteiger charge is 2.20. The van der Waals surface area contributed by atoms with Crippen molar-refractivity contribution in [1.29, 1.82) is 0 Å². The van der Waals surface area contributed by atoms with Crippen LogP contribution < -0.4 is 5.32 Å². The van der Waals surface area contributed by atoms with Gasteiger partial charge in [0, 0.05) is 23.4 Å². The number of benzene rings is 3. The van der Waals surface area contributed by atoms with Crippen LogP contribution >= 0.6 is 0 Å². The Bertz CT molecular complexity index is 1280. The van der Waals surface area contributed by atoms with Gasteiger partial charge in [0.2, 0.25) is 0 Å². The summed E-state index contributed by atoms with van der Waals surface area (Å²) < 4.78 is 15.6. The van der Waals surface area contributed by atoms with Crippen molar-refractivity contribution < 1.29 is 14.1 Å². The zero-order valence-electron chi connectivity index (χ0n) is 16.4. The summed E-state index contributed by atoms with van der Waals surface area (Å²) in [6.45, 7) is 1.93. The van der Waals surface area contributed by atoms with E-state index in [0.717, 1.165) is 5.56 Å². The van der Waals surface area contributed by atoms with Crippen molar-refractivity contribution in [2.24, 2.45) is 0 Å². The highest BCUT2D eigenvalue weighted by Crippen LogP contribution is 2.26.